The Hall–Kier alpha value is -5.27. The summed E-state index contributed by atoms with van der Waals surface area (Å²) in [5, 5.41) is 2.93. The van der Waals surface area contributed by atoms with Crippen LogP contribution in [0.2, 0.25) is 0 Å². The molecule has 1 aliphatic carbocycles. The van der Waals surface area contributed by atoms with Crippen LogP contribution >= 0.6 is 11.6 Å². The van der Waals surface area contributed by atoms with Gasteiger partial charge in [0.05, 0.1) is 31.7 Å². The van der Waals surface area contributed by atoms with Gasteiger partial charge in [0.1, 0.15) is 11.5 Å². The largest absolute Gasteiger partial charge is 0.457 e. The van der Waals surface area contributed by atoms with Crippen molar-refractivity contribution in [3.05, 3.63) is 87.9 Å². The van der Waals surface area contributed by atoms with E-state index >= 15 is 0 Å². The minimum atomic E-state index is -1.44. The van der Waals surface area contributed by atoms with E-state index in [4.69, 9.17) is 25.8 Å². The number of nitrogens with zero attached hydrogens (tertiary/aromatic N) is 6. The maximum absolute atomic E-state index is 14.3. The summed E-state index contributed by atoms with van der Waals surface area (Å²) in [5.74, 6) is 0.657. The van der Waals surface area contributed by atoms with E-state index in [2.05, 4.69) is 19.9 Å². The Morgan fingerprint density at radius 3 is 1.92 bits per heavy atom. The number of ketones is 1. The summed E-state index contributed by atoms with van der Waals surface area (Å²) in [6.07, 6.45) is 5.61. The molecule has 61 heavy (non-hydrogen) atoms. The molecule has 3 aromatic rings. The fourth-order valence-corrected chi connectivity index (χ4v) is 9.38. The van der Waals surface area contributed by atoms with Crippen molar-refractivity contribution < 1.29 is 38.2 Å². The van der Waals surface area contributed by atoms with Gasteiger partial charge in [-0.1, -0.05) is 25.0 Å². The zero-order valence-electron chi connectivity index (χ0n) is 35.6. The van der Waals surface area contributed by atoms with Crippen molar-refractivity contribution in [3.63, 3.8) is 0 Å². The molecule has 324 valence electrons. The van der Waals surface area contributed by atoms with Crippen LogP contribution in [0, 0.1) is 11.8 Å². The van der Waals surface area contributed by atoms with Crippen LogP contribution in [0.25, 0.3) is 5.53 Å². The van der Waals surface area contributed by atoms with Crippen LogP contribution in [0.1, 0.15) is 75.9 Å². The lowest BCUT2D eigenvalue weighted by atomic mass is 9.67. The van der Waals surface area contributed by atoms with E-state index in [-0.39, 0.29) is 41.8 Å². The highest BCUT2D eigenvalue weighted by Crippen LogP contribution is 2.57. The van der Waals surface area contributed by atoms with Gasteiger partial charge >= 0.3 is 5.71 Å². The van der Waals surface area contributed by atoms with E-state index in [1.165, 1.54) is 0 Å². The standard InChI is InChI=1S/C46H56ClN7O7/c1-51(2)44(57)31-15-19-53(28-31)33-10-13-36-39(26-33)61-40-27-34(54-20-16-32(29-54)45(58)52(3)4)11-14-37(40)46(36)38-25-30(9-12-35(38)41(55)42(46)50-48)43(56)49-18-22-60-24-23-59-21-8-6-5-7-17-47/h9-14,25-27,31-32H,5-8,15-24,28-29H2,1-4H3,(H,49,56)/t31-,32-/m0/s1. The second kappa shape index (κ2) is 19.2. The van der Waals surface area contributed by atoms with Crippen molar-refractivity contribution in [2.75, 3.05) is 103 Å². The third kappa shape index (κ3) is 8.77. The molecule has 0 radical (unpaired) electrons. The van der Waals surface area contributed by atoms with Crippen LogP contribution in [-0.2, 0) is 24.5 Å². The SMILES string of the molecule is CN(C)C(=O)[C@H]1CCN(c2ccc3c(c2)Oc2cc(N4CC[C@H](C(=O)N(C)C)C4)ccc2C32C(=[N+]=[N-])C(=O)c3ccc(C(=O)NCCOCCOCCCCCCCl)cc32)C1. The molecule has 15 heteroatoms. The molecule has 3 heterocycles. The number of halogens is 1. The van der Waals surface area contributed by atoms with Gasteiger partial charge in [-0.15, -0.1) is 11.6 Å². The van der Waals surface area contributed by atoms with Gasteiger partial charge in [0.25, 0.3) is 11.7 Å². The quantitative estimate of drug-likeness (QED) is 0.0815. The molecule has 0 aromatic heterocycles. The molecule has 2 fully saturated rings. The van der Waals surface area contributed by atoms with Crippen molar-refractivity contribution in [2.45, 2.75) is 43.9 Å². The van der Waals surface area contributed by atoms with Gasteiger partial charge in [0, 0.05) is 119 Å². The molecule has 0 bridgehead atoms. The van der Waals surface area contributed by atoms with Crippen LogP contribution < -0.4 is 19.9 Å². The summed E-state index contributed by atoms with van der Waals surface area (Å²) in [4.78, 5) is 65.0. The first kappa shape index (κ1) is 43.8. The Morgan fingerprint density at radius 1 is 0.787 bits per heavy atom. The molecule has 3 amide bonds. The van der Waals surface area contributed by atoms with Gasteiger partial charge in [0.15, 0.2) is 5.41 Å². The second-order valence-electron chi connectivity index (χ2n) is 16.7. The molecule has 4 aliphatic rings. The van der Waals surface area contributed by atoms with Gasteiger partial charge in [-0.25, -0.2) is 0 Å². The zero-order chi connectivity index (χ0) is 43.3. The fraction of sp³-hybridized carbons (Fsp3) is 0.500. The Kier molecular flexibility index (Phi) is 13.8. The first-order chi connectivity index (χ1) is 29.5. The van der Waals surface area contributed by atoms with Gasteiger partial charge in [0.2, 0.25) is 11.8 Å². The van der Waals surface area contributed by atoms with Crippen LogP contribution in [0.3, 0.4) is 0 Å². The van der Waals surface area contributed by atoms with Gasteiger partial charge in [-0.3, -0.25) is 19.2 Å². The van der Waals surface area contributed by atoms with E-state index < -0.39 is 11.2 Å². The fourth-order valence-electron chi connectivity index (χ4n) is 9.19. The lowest BCUT2D eigenvalue weighted by molar-refractivity contribution is -0.132. The number of alkyl halides is 1. The maximum Gasteiger partial charge on any atom is 0.358 e. The van der Waals surface area contributed by atoms with Crippen molar-refractivity contribution in [3.8, 4) is 11.5 Å². The number of nitrogens with one attached hydrogen (secondary N) is 1. The van der Waals surface area contributed by atoms with E-state index in [9.17, 15) is 24.7 Å². The number of fused-ring (bicyclic) bond motifs is 6. The predicted octanol–water partition coefficient (Wildman–Crippen LogP) is 5.39. The Labute approximate surface area is 362 Å². The first-order valence-corrected chi connectivity index (χ1v) is 21.8. The predicted molar refractivity (Wildman–Crippen MR) is 233 cm³/mol. The maximum atomic E-state index is 14.3. The number of hydrogen-bond acceptors (Lipinski definition) is 9. The molecule has 1 spiro atoms. The van der Waals surface area contributed by atoms with Crippen molar-refractivity contribution >= 4 is 52.2 Å². The highest BCUT2D eigenvalue weighted by atomic mass is 35.5. The monoisotopic (exact) mass is 853 g/mol. The number of carbonyl (C=O) groups is 4. The van der Waals surface area contributed by atoms with E-state index in [1.807, 2.05) is 36.4 Å². The Balaban J connectivity index is 1.18. The highest BCUT2D eigenvalue weighted by Gasteiger charge is 2.62. The second-order valence-corrected chi connectivity index (χ2v) is 17.0. The molecule has 7 rings (SSSR count). The molecule has 14 nitrogen and oxygen atoms in total. The van der Waals surface area contributed by atoms with Gasteiger partial charge in [-0.2, -0.15) is 4.79 Å². The minimum absolute atomic E-state index is 0.0797. The summed E-state index contributed by atoms with van der Waals surface area (Å²) in [6, 6.07) is 16.4. The summed E-state index contributed by atoms with van der Waals surface area (Å²) in [6.45, 7) is 4.55. The van der Waals surface area contributed by atoms with Crippen LogP contribution in [0.5, 0.6) is 11.5 Å². The van der Waals surface area contributed by atoms with E-state index in [1.54, 1.807) is 56.2 Å². The molecule has 0 saturated carbocycles. The number of benzene rings is 3. The lowest BCUT2D eigenvalue weighted by Gasteiger charge is -2.36. The summed E-state index contributed by atoms with van der Waals surface area (Å²) >= 11 is 5.73. The van der Waals surface area contributed by atoms with E-state index in [0.717, 1.165) is 37.1 Å². The average molecular weight is 854 g/mol. The van der Waals surface area contributed by atoms with E-state index in [0.29, 0.717) is 111 Å². The Morgan fingerprint density at radius 2 is 1.36 bits per heavy atom. The molecule has 3 aromatic carbocycles. The van der Waals surface area contributed by atoms with Gasteiger partial charge < -0.3 is 44.7 Å². The molecule has 3 aliphatic heterocycles. The topological polar surface area (TPSA) is 157 Å². The van der Waals surface area contributed by atoms with Crippen LogP contribution in [-0.4, -0.2) is 137 Å². The number of carbonyl (C=O) groups excluding carboxylic acids is 4. The highest BCUT2D eigenvalue weighted by molar-refractivity contribution is 6.52. The number of rotatable bonds is 17. The number of hydrogen-bond donors (Lipinski definition) is 1. The number of Topliss-reactive ketones (excluding diaryl/α,β-unsaturated/α-hetero) is 1. The lowest BCUT2D eigenvalue weighted by Crippen LogP contribution is -2.40. The normalized spacial score (nSPS) is 18.4. The third-order valence-electron chi connectivity index (χ3n) is 12.3. The summed E-state index contributed by atoms with van der Waals surface area (Å²) in [7, 11) is 7.07. The van der Waals surface area contributed by atoms with Crippen molar-refractivity contribution in [2.24, 2.45) is 11.8 Å². The molecular formula is C46H56ClN7O7. The third-order valence-corrected chi connectivity index (χ3v) is 12.6. The van der Waals surface area contributed by atoms with Crippen LogP contribution in [0.15, 0.2) is 54.6 Å². The van der Waals surface area contributed by atoms with Crippen molar-refractivity contribution in [1.82, 2.24) is 15.1 Å². The Bertz CT molecular complexity index is 2120. The molecule has 0 unspecified atom stereocenters. The zero-order valence-corrected chi connectivity index (χ0v) is 36.3. The first-order valence-electron chi connectivity index (χ1n) is 21.3. The summed E-state index contributed by atoms with van der Waals surface area (Å²) < 4.78 is 18.1. The summed E-state index contributed by atoms with van der Waals surface area (Å²) in [5.41, 5.74) is 13.2. The van der Waals surface area contributed by atoms with Crippen LogP contribution in [0.4, 0.5) is 11.4 Å². The molecular weight excluding hydrogens is 798 g/mol. The smallest absolute Gasteiger partial charge is 0.358 e. The number of anilines is 2. The molecule has 2 saturated heterocycles. The molecule has 1 N–H and O–H groups in total. The number of unbranched alkanes of at least 4 members (excludes halogenated alkanes) is 3. The average Bonchev–Trinajstić information content (AvgIpc) is 4.01. The van der Waals surface area contributed by atoms with Crippen molar-refractivity contribution in [1.29, 1.82) is 0 Å². The van der Waals surface area contributed by atoms with Gasteiger partial charge in [-0.05, 0) is 61.6 Å². The minimum Gasteiger partial charge on any atom is -0.457 e. The number of amides is 3. The number of ether oxygens (including phenoxy) is 3. The molecule has 2 atom stereocenters.